The first-order valence-electron chi connectivity index (χ1n) is 7.42. The molecule has 0 aromatic heterocycles. The molecule has 0 aliphatic carbocycles. The standard InChI is InChI=1S/C12H16F3NO8S3/c1-11(2,3)24-10(17)16-7-4-5-12(16,27(15,22)23)9(26(14,20)21)8(6-7)25(13,18)19/h7H,4-6H2,1-3H3. The van der Waals surface area contributed by atoms with Gasteiger partial charge in [0.2, 0.25) is 4.87 Å². The quantitative estimate of drug-likeness (QED) is 0.586. The van der Waals surface area contributed by atoms with Crippen LogP contribution in [0.25, 0.3) is 0 Å². The number of nitrogens with zero attached hydrogens (tertiary/aromatic N) is 1. The molecule has 2 aliphatic rings. The van der Waals surface area contributed by atoms with Gasteiger partial charge in [0.1, 0.15) is 10.5 Å². The summed E-state index contributed by atoms with van der Waals surface area (Å²) >= 11 is 0. The highest BCUT2D eigenvalue weighted by Crippen LogP contribution is 2.54. The molecule has 15 heteroatoms. The van der Waals surface area contributed by atoms with Crippen molar-refractivity contribution in [2.24, 2.45) is 0 Å². The van der Waals surface area contributed by atoms with E-state index in [9.17, 15) is 41.7 Å². The first kappa shape index (κ1) is 21.9. The molecule has 9 nitrogen and oxygen atoms in total. The lowest BCUT2D eigenvalue weighted by Gasteiger charge is -2.42. The van der Waals surface area contributed by atoms with Gasteiger partial charge < -0.3 is 4.74 Å². The minimum Gasteiger partial charge on any atom is -0.444 e. The third kappa shape index (κ3) is 3.68. The van der Waals surface area contributed by atoms with Crippen LogP contribution in [0.2, 0.25) is 0 Å². The van der Waals surface area contributed by atoms with E-state index in [2.05, 4.69) is 0 Å². The molecular weight excluding hydrogens is 439 g/mol. The highest BCUT2D eigenvalue weighted by Gasteiger charge is 2.69. The van der Waals surface area contributed by atoms with Gasteiger partial charge in [0, 0.05) is 12.5 Å². The van der Waals surface area contributed by atoms with Crippen molar-refractivity contribution in [1.82, 2.24) is 4.90 Å². The Bertz CT molecular complexity index is 1030. The summed E-state index contributed by atoms with van der Waals surface area (Å²) in [6, 6.07) is -1.43. The summed E-state index contributed by atoms with van der Waals surface area (Å²) in [6.45, 7) is 4.11. The minimum atomic E-state index is -6.25. The SMILES string of the molecule is CC(C)(C)OC(=O)N1C2CCC1(S(=O)(=O)F)C(S(=O)(=O)F)=C(S(=O)(=O)F)C2. The van der Waals surface area contributed by atoms with E-state index in [1.54, 1.807) is 0 Å². The van der Waals surface area contributed by atoms with Gasteiger partial charge in [0.05, 0.1) is 4.91 Å². The Labute approximate surface area is 154 Å². The van der Waals surface area contributed by atoms with Crippen LogP contribution in [0.4, 0.5) is 16.5 Å². The Morgan fingerprint density at radius 2 is 1.59 bits per heavy atom. The van der Waals surface area contributed by atoms with Crippen molar-refractivity contribution < 1.29 is 46.4 Å². The summed E-state index contributed by atoms with van der Waals surface area (Å²) in [5.41, 5.74) is -1.23. The van der Waals surface area contributed by atoms with E-state index < -0.39 is 82.3 Å². The minimum absolute atomic E-state index is 0.134. The molecule has 2 heterocycles. The number of fused-ring (bicyclic) bond motifs is 2. The Morgan fingerprint density at radius 3 is 1.96 bits per heavy atom. The number of ether oxygens (including phenoxy) is 1. The number of rotatable bonds is 3. The fourth-order valence-corrected chi connectivity index (χ4v) is 7.48. The summed E-state index contributed by atoms with van der Waals surface area (Å²) in [4.78, 5) is 5.13. The smallest absolute Gasteiger partial charge is 0.412 e. The van der Waals surface area contributed by atoms with Crippen LogP contribution in [-0.2, 0) is 35.4 Å². The van der Waals surface area contributed by atoms with Crippen molar-refractivity contribution in [2.45, 2.75) is 56.5 Å². The number of hydrogen-bond acceptors (Lipinski definition) is 8. The Balaban J connectivity index is 2.92. The van der Waals surface area contributed by atoms with Crippen LogP contribution in [0.15, 0.2) is 9.81 Å². The van der Waals surface area contributed by atoms with Gasteiger partial charge >= 0.3 is 36.8 Å². The maximum atomic E-state index is 14.3. The van der Waals surface area contributed by atoms with E-state index >= 15 is 0 Å². The molecular formula is C12H16F3NO8S3. The lowest BCUT2D eigenvalue weighted by atomic mass is 10.1. The van der Waals surface area contributed by atoms with Crippen LogP contribution < -0.4 is 0 Å². The maximum absolute atomic E-state index is 14.3. The van der Waals surface area contributed by atoms with Gasteiger partial charge in [-0.05, 0) is 33.6 Å². The molecule has 2 atom stereocenters. The monoisotopic (exact) mass is 455 g/mol. The second-order valence-electron chi connectivity index (χ2n) is 7.10. The first-order valence-corrected chi connectivity index (χ1v) is 11.6. The predicted octanol–water partition coefficient (Wildman–Crippen LogP) is 1.60. The zero-order valence-corrected chi connectivity index (χ0v) is 16.7. The molecule has 2 aliphatic heterocycles. The van der Waals surface area contributed by atoms with Crippen LogP contribution in [0, 0.1) is 0 Å². The van der Waals surface area contributed by atoms with Crippen molar-refractivity contribution in [1.29, 1.82) is 0 Å². The molecule has 0 aromatic rings. The first-order chi connectivity index (χ1) is 11.8. The van der Waals surface area contributed by atoms with E-state index in [0.29, 0.717) is 0 Å². The number of carbonyl (C=O) groups excluding carboxylic acids is 1. The highest BCUT2D eigenvalue weighted by molar-refractivity contribution is 7.96. The maximum Gasteiger partial charge on any atom is 0.412 e. The lowest BCUT2D eigenvalue weighted by Crippen LogP contribution is -2.60. The molecule has 2 bridgehead atoms. The molecule has 0 saturated carbocycles. The van der Waals surface area contributed by atoms with Crippen LogP contribution in [-0.4, -0.2) is 52.8 Å². The molecule has 2 unspecified atom stereocenters. The molecule has 1 saturated heterocycles. The van der Waals surface area contributed by atoms with Crippen molar-refractivity contribution in [3.8, 4) is 0 Å². The molecule has 0 spiro atoms. The summed E-state index contributed by atoms with van der Waals surface area (Å²) < 4.78 is 116. The molecule has 156 valence electrons. The normalized spacial score (nSPS) is 27.0. The molecule has 1 amide bonds. The van der Waals surface area contributed by atoms with E-state index in [0.717, 1.165) is 0 Å². The number of carbonyl (C=O) groups is 1. The third-order valence-electron chi connectivity index (χ3n) is 4.13. The van der Waals surface area contributed by atoms with Gasteiger partial charge in [0.25, 0.3) is 0 Å². The van der Waals surface area contributed by atoms with Crippen LogP contribution >= 0.6 is 0 Å². The fraction of sp³-hybridized carbons (Fsp3) is 0.750. The molecule has 2 rings (SSSR count). The Morgan fingerprint density at radius 1 is 1.07 bits per heavy atom. The number of halogens is 3. The van der Waals surface area contributed by atoms with E-state index in [1.165, 1.54) is 20.8 Å². The fourth-order valence-electron chi connectivity index (χ4n) is 3.34. The lowest BCUT2D eigenvalue weighted by molar-refractivity contribution is 0.0118. The van der Waals surface area contributed by atoms with Gasteiger partial charge in [-0.3, -0.25) is 4.90 Å². The van der Waals surface area contributed by atoms with Crippen molar-refractivity contribution in [3.05, 3.63) is 9.81 Å². The van der Waals surface area contributed by atoms with Crippen molar-refractivity contribution in [2.75, 3.05) is 0 Å². The summed E-state index contributed by atoms with van der Waals surface area (Å²) in [7, 11) is -18.3. The summed E-state index contributed by atoms with van der Waals surface area (Å²) in [5, 5.41) is 0. The van der Waals surface area contributed by atoms with Crippen LogP contribution in [0.1, 0.15) is 40.0 Å². The molecule has 0 radical (unpaired) electrons. The molecule has 27 heavy (non-hydrogen) atoms. The summed E-state index contributed by atoms with van der Waals surface area (Å²) in [5.74, 6) is 0. The van der Waals surface area contributed by atoms with Crippen LogP contribution in [0.3, 0.4) is 0 Å². The second kappa shape index (κ2) is 6.07. The van der Waals surface area contributed by atoms with E-state index in [1.807, 2.05) is 0 Å². The third-order valence-corrected chi connectivity index (χ3v) is 7.83. The molecule has 0 N–H and O–H groups in total. The van der Waals surface area contributed by atoms with Crippen molar-refractivity contribution in [3.63, 3.8) is 0 Å². The zero-order valence-electron chi connectivity index (χ0n) is 14.3. The van der Waals surface area contributed by atoms with Gasteiger partial charge in [0.15, 0.2) is 0 Å². The van der Waals surface area contributed by atoms with Crippen LogP contribution in [0.5, 0.6) is 0 Å². The van der Waals surface area contributed by atoms with Gasteiger partial charge in [-0.25, -0.2) is 4.79 Å². The molecule has 1 fully saturated rings. The average Bonchev–Trinajstić information content (AvgIpc) is 2.64. The van der Waals surface area contributed by atoms with Gasteiger partial charge in [-0.15, -0.1) is 11.7 Å². The largest absolute Gasteiger partial charge is 0.444 e. The van der Waals surface area contributed by atoms with Gasteiger partial charge in [-0.2, -0.15) is 25.3 Å². The summed E-state index contributed by atoms with van der Waals surface area (Å²) in [6.07, 6.45) is -3.98. The highest BCUT2D eigenvalue weighted by atomic mass is 32.3. The van der Waals surface area contributed by atoms with Gasteiger partial charge in [-0.1, -0.05) is 0 Å². The van der Waals surface area contributed by atoms with E-state index in [-0.39, 0.29) is 4.90 Å². The Hall–Kier alpha value is -1.35. The number of hydrogen-bond donors (Lipinski definition) is 0. The average molecular weight is 455 g/mol. The zero-order chi connectivity index (χ0) is 21.2. The van der Waals surface area contributed by atoms with Crippen molar-refractivity contribution >= 4 is 36.8 Å². The predicted molar refractivity (Wildman–Crippen MR) is 85.6 cm³/mol. The molecule has 0 aromatic carbocycles. The van der Waals surface area contributed by atoms with E-state index in [4.69, 9.17) is 4.74 Å². The second-order valence-corrected chi connectivity index (χ2v) is 11.3. The Kier molecular flexibility index (Phi) is 4.94. The number of amides is 1. The topological polar surface area (TPSA) is 132 Å².